The maximum absolute atomic E-state index is 5.66. The van der Waals surface area contributed by atoms with Crippen LogP contribution in [0.1, 0.15) is 33.1 Å². The molecule has 25 heavy (non-hydrogen) atoms. The van der Waals surface area contributed by atoms with Crippen molar-refractivity contribution in [2.45, 2.75) is 59.7 Å². The maximum Gasteiger partial charge on any atom is 0.245 e. The lowest BCUT2D eigenvalue weighted by Gasteiger charge is -2.02. The van der Waals surface area contributed by atoms with E-state index in [1.54, 1.807) is 0 Å². The standard InChI is InChI=1S/C17H30N4O2.2ClH/c1-3-6-18-8-10-20(14-18)16-22-12-5-13-23-17-21-11-9-19(15-21)7-4-2;;/h8-11,14-15H,3-7,12-13,16-17H2,1-2H3;2*1H/q+2;;/p-2. The van der Waals surface area contributed by atoms with E-state index in [0.717, 1.165) is 32.4 Å². The van der Waals surface area contributed by atoms with Gasteiger partial charge in [-0.05, 0) is 19.3 Å². The Morgan fingerprint density at radius 3 is 1.60 bits per heavy atom. The van der Waals surface area contributed by atoms with Gasteiger partial charge in [-0.3, -0.25) is 0 Å². The first-order valence-corrected chi connectivity index (χ1v) is 8.57. The van der Waals surface area contributed by atoms with E-state index in [1.807, 2.05) is 12.4 Å². The number of ether oxygens (including phenoxy) is 2. The summed E-state index contributed by atoms with van der Waals surface area (Å²) in [6.45, 7) is 9.10. The van der Waals surface area contributed by atoms with Gasteiger partial charge in [-0.2, -0.15) is 0 Å². The predicted octanol–water partition coefficient (Wildman–Crippen LogP) is -4.27. The number of halogens is 2. The Bertz CT molecular complexity index is 512. The van der Waals surface area contributed by atoms with Crippen LogP contribution in [-0.2, 0) is 36.0 Å². The third kappa shape index (κ3) is 9.26. The van der Waals surface area contributed by atoms with E-state index in [2.05, 4.69) is 57.2 Å². The zero-order valence-electron chi connectivity index (χ0n) is 15.2. The number of rotatable bonds is 12. The zero-order chi connectivity index (χ0) is 16.3. The SMILES string of the molecule is CCCn1cc[n+](COCCCOC[n+]2ccn(CCC)c2)c1.[Cl-].[Cl-]. The van der Waals surface area contributed by atoms with Gasteiger partial charge in [0.15, 0.2) is 13.5 Å². The molecule has 0 amide bonds. The molecule has 0 N–H and O–H groups in total. The van der Waals surface area contributed by atoms with Gasteiger partial charge in [-0.25, -0.2) is 18.3 Å². The van der Waals surface area contributed by atoms with Crippen LogP contribution in [0.3, 0.4) is 0 Å². The van der Waals surface area contributed by atoms with Crippen molar-refractivity contribution in [3.05, 3.63) is 37.4 Å². The summed E-state index contributed by atoms with van der Waals surface area (Å²) in [5, 5.41) is 0. The van der Waals surface area contributed by atoms with Gasteiger partial charge in [0.2, 0.25) is 12.7 Å². The molecule has 0 radical (unpaired) electrons. The predicted molar refractivity (Wildman–Crippen MR) is 86.4 cm³/mol. The molecule has 2 rings (SSSR count). The second kappa shape index (κ2) is 14.1. The van der Waals surface area contributed by atoms with Crippen LogP contribution in [0.25, 0.3) is 0 Å². The number of hydrogen-bond donors (Lipinski definition) is 0. The maximum atomic E-state index is 5.66. The lowest BCUT2D eigenvalue weighted by molar-refractivity contribution is -0.733. The molecule has 0 aromatic carbocycles. The number of imidazole rings is 2. The van der Waals surface area contributed by atoms with Gasteiger partial charge in [0, 0.05) is 0 Å². The zero-order valence-corrected chi connectivity index (χ0v) is 16.7. The van der Waals surface area contributed by atoms with Gasteiger partial charge in [-0.1, -0.05) is 13.8 Å². The van der Waals surface area contributed by atoms with Crippen LogP contribution < -0.4 is 33.9 Å². The first-order chi connectivity index (χ1) is 11.3. The number of hydrogen-bond acceptors (Lipinski definition) is 2. The summed E-state index contributed by atoms with van der Waals surface area (Å²) < 4.78 is 19.8. The van der Waals surface area contributed by atoms with Gasteiger partial charge in [0.1, 0.15) is 24.8 Å². The van der Waals surface area contributed by atoms with Crippen LogP contribution in [0.5, 0.6) is 0 Å². The summed E-state index contributed by atoms with van der Waals surface area (Å²) in [4.78, 5) is 0. The summed E-state index contributed by atoms with van der Waals surface area (Å²) in [7, 11) is 0. The summed E-state index contributed by atoms with van der Waals surface area (Å²) in [6, 6.07) is 0. The molecule has 144 valence electrons. The third-order valence-corrected chi connectivity index (χ3v) is 3.51. The first-order valence-electron chi connectivity index (χ1n) is 8.57. The van der Waals surface area contributed by atoms with E-state index in [-0.39, 0.29) is 24.8 Å². The fraction of sp³-hybridized carbons (Fsp3) is 0.647. The molecule has 2 heterocycles. The molecule has 2 aromatic heterocycles. The van der Waals surface area contributed by atoms with Gasteiger partial charge in [-0.15, -0.1) is 0 Å². The average molecular weight is 393 g/mol. The smallest absolute Gasteiger partial charge is 0.245 e. The Balaban J connectivity index is 0.00000288. The number of nitrogens with zero attached hydrogens (tertiary/aromatic N) is 4. The first kappa shape index (κ1) is 23.9. The second-order valence-electron chi connectivity index (χ2n) is 5.76. The van der Waals surface area contributed by atoms with E-state index in [1.165, 1.54) is 0 Å². The molecule has 2 aromatic rings. The summed E-state index contributed by atoms with van der Waals surface area (Å²) in [5.41, 5.74) is 0. The van der Waals surface area contributed by atoms with Crippen LogP contribution in [0.15, 0.2) is 37.4 Å². The molecule has 0 aliphatic carbocycles. The van der Waals surface area contributed by atoms with Crippen LogP contribution >= 0.6 is 0 Å². The van der Waals surface area contributed by atoms with Gasteiger partial charge < -0.3 is 34.3 Å². The van der Waals surface area contributed by atoms with Crippen LogP contribution in [0.2, 0.25) is 0 Å². The highest BCUT2D eigenvalue weighted by Gasteiger charge is 2.03. The molecule has 0 spiro atoms. The second-order valence-corrected chi connectivity index (χ2v) is 5.76. The van der Waals surface area contributed by atoms with Crippen molar-refractivity contribution in [2.75, 3.05) is 13.2 Å². The Kier molecular flexibility index (Phi) is 13.5. The van der Waals surface area contributed by atoms with Crippen LogP contribution in [0.4, 0.5) is 0 Å². The normalized spacial score (nSPS) is 10.3. The number of aryl methyl sites for hydroxylation is 2. The van der Waals surface area contributed by atoms with E-state index >= 15 is 0 Å². The highest BCUT2D eigenvalue weighted by molar-refractivity contribution is 4.65. The van der Waals surface area contributed by atoms with Gasteiger partial charge >= 0.3 is 0 Å². The topological polar surface area (TPSA) is 36.1 Å². The Morgan fingerprint density at radius 1 is 0.760 bits per heavy atom. The minimum Gasteiger partial charge on any atom is -1.00 e. The Morgan fingerprint density at radius 2 is 1.20 bits per heavy atom. The van der Waals surface area contributed by atoms with Crippen molar-refractivity contribution in [1.82, 2.24) is 9.13 Å². The van der Waals surface area contributed by atoms with E-state index in [4.69, 9.17) is 9.47 Å². The van der Waals surface area contributed by atoms with Crippen molar-refractivity contribution in [2.24, 2.45) is 0 Å². The lowest BCUT2D eigenvalue weighted by atomic mass is 10.5. The highest BCUT2D eigenvalue weighted by atomic mass is 35.5. The van der Waals surface area contributed by atoms with Gasteiger partial charge in [0.25, 0.3) is 0 Å². The third-order valence-electron chi connectivity index (χ3n) is 3.51. The van der Waals surface area contributed by atoms with Gasteiger partial charge in [0.05, 0.1) is 26.3 Å². The van der Waals surface area contributed by atoms with Crippen LogP contribution in [-0.4, -0.2) is 22.3 Å². The van der Waals surface area contributed by atoms with Crippen molar-refractivity contribution >= 4 is 0 Å². The largest absolute Gasteiger partial charge is 1.00 e. The quantitative estimate of drug-likeness (QED) is 0.271. The minimum atomic E-state index is 0. The molecule has 0 aliphatic heterocycles. The molecular weight excluding hydrogens is 363 g/mol. The van der Waals surface area contributed by atoms with E-state index in [0.29, 0.717) is 26.7 Å². The van der Waals surface area contributed by atoms with Crippen molar-refractivity contribution < 1.29 is 43.4 Å². The molecule has 0 unspecified atom stereocenters. The minimum absolute atomic E-state index is 0. The fourth-order valence-corrected chi connectivity index (χ4v) is 2.41. The molecule has 0 atom stereocenters. The summed E-state index contributed by atoms with van der Waals surface area (Å²) in [6.07, 6.45) is 15.6. The Hall–Kier alpha value is -1.08. The van der Waals surface area contributed by atoms with Crippen LogP contribution in [0, 0.1) is 0 Å². The Labute approximate surface area is 163 Å². The number of aromatic nitrogens is 4. The molecule has 0 bridgehead atoms. The molecule has 0 saturated carbocycles. The molecule has 0 aliphatic rings. The molecule has 6 nitrogen and oxygen atoms in total. The van der Waals surface area contributed by atoms with Crippen molar-refractivity contribution in [3.8, 4) is 0 Å². The summed E-state index contributed by atoms with van der Waals surface area (Å²) >= 11 is 0. The lowest BCUT2D eigenvalue weighted by Crippen LogP contribution is -3.00. The molecule has 0 fully saturated rings. The van der Waals surface area contributed by atoms with Crippen molar-refractivity contribution in [1.29, 1.82) is 0 Å². The average Bonchev–Trinajstić information content (AvgIpc) is 3.17. The molecule has 8 heteroatoms. The van der Waals surface area contributed by atoms with Crippen molar-refractivity contribution in [3.63, 3.8) is 0 Å². The van der Waals surface area contributed by atoms with E-state index < -0.39 is 0 Å². The fourth-order valence-electron chi connectivity index (χ4n) is 2.41. The monoisotopic (exact) mass is 392 g/mol. The van der Waals surface area contributed by atoms with E-state index in [9.17, 15) is 0 Å². The molecule has 0 saturated heterocycles. The summed E-state index contributed by atoms with van der Waals surface area (Å²) in [5.74, 6) is 0. The molecular formula is C17H30Cl2N4O2. The highest BCUT2D eigenvalue weighted by Crippen LogP contribution is 1.91.